The van der Waals surface area contributed by atoms with Gasteiger partial charge in [0.2, 0.25) is 5.91 Å². The highest BCUT2D eigenvalue weighted by molar-refractivity contribution is 6.00. The Morgan fingerprint density at radius 2 is 1.91 bits per heavy atom. The lowest BCUT2D eigenvalue weighted by atomic mass is 9.94. The molecule has 1 aromatic rings. The second-order valence-electron chi connectivity index (χ2n) is 6.04. The molecule has 2 fully saturated rings. The molecule has 0 radical (unpaired) electrons. The van der Waals surface area contributed by atoms with E-state index in [4.69, 9.17) is 5.73 Å². The van der Waals surface area contributed by atoms with Crippen LogP contribution < -0.4 is 5.73 Å². The predicted molar refractivity (Wildman–Crippen MR) is 78.3 cm³/mol. The van der Waals surface area contributed by atoms with E-state index in [2.05, 4.69) is 0 Å². The molecule has 22 heavy (non-hydrogen) atoms. The number of rotatable bonds is 3. The second kappa shape index (κ2) is 5.44. The molecule has 0 bridgehead atoms. The van der Waals surface area contributed by atoms with Gasteiger partial charge in [-0.1, -0.05) is 12.5 Å². The molecule has 1 heterocycles. The van der Waals surface area contributed by atoms with Gasteiger partial charge in [-0.3, -0.25) is 9.59 Å². The van der Waals surface area contributed by atoms with Gasteiger partial charge in [-0.15, -0.1) is 0 Å². The molecule has 116 valence electrons. The average Bonchev–Trinajstić information content (AvgIpc) is 3.06. The Kier molecular flexibility index (Phi) is 3.60. The summed E-state index contributed by atoms with van der Waals surface area (Å²) < 4.78 is 0. The van der Waals surface area contributed by atoms with Gasteiger partial charge in [0.25, 0.3) is 5.91 Å². The van der Waals surface area contributed by atoms with Crippen molar-refractivity contribution < 1.29 is 19.5 Å². The minimum Gasteiger partial charge on any atom is -0.480 e. The molecule has 1 saturated heterocycles. The highest BCUT2D eigenvalue weighted by atomic mass is 16.4. The number of nitrogens with two attached hydrogens (primary N) is 1. The number of benzene rings is 1. The summed E-state index contributed by atoms with van der Waals surface area (Å²) in [5.41, 5.74) is 5.78. The molecule has 1 aliphatic carbocycles. The van der Waals surface area contributed by atoms with Crippen molar-refractivity contribution in [1.82, 2.24) is 4.90 Å². The van der Waals surface area contributed by atoms with Gasteiger partial charge in [0.1, 0.15) is 6.04 Å². The molecule has 2 aliphatic rings. The van der Waals surface area contributed by atoms with Gasteiger partial charge in [0.05, 0.1) is 0 Å². The first kappa shape index (κ1) is 14.6. The molecule has 3 atom stereocenters. The standard InChI is InChI=1S/C16H18N2O4/c17-14(19)9-3-1-4-10(7-9)15(20)18-8-11-5-2-6-12(11)13(18)16(21)22/h1,3-4,7,11-13H,2,5-6,8H2,(H2,17,19)(H,21,22). The van der Waals surface area contributed by atoms with Gasteiger partial charge >= 0.3 is 5.97 Å². The van der Waals surface area contributed by atoms with Gasteiger partial charge in [-0.2, -0.15) is 0 Å². The van der Waals surface area contributed by atoms with E-state index >= 15 is 0 Å². The maximum atomic E-state index is 12.7. The summed E-state index contributed by atoms with van der Waals surface area (Å²) in [5.74, 6) is -1.59. The van der Waals surface area contributed by atoms with E-state index in [0.717, 1.165) is 19.3 Å². The van der Waals surface area contributed by atoms with Gasteiger partial charge in [0, 0.05) is 17.7 Å². The number of fused-ring (bicyclic) bond motifs is 1. The predicted octanol–water partition coefficient (Wildman–Crippen LogP) is 1.11. The van der Waals surface area contributed by atoms with Crippen LogP contribution in [-0.4, -0.2) is 40.4 Å². The minimum atomic E-state index is -0.950. The Hall–Kier alpha value is -2.37. The van der Waals surface area contributed by atoms with Crippen molar-refractivity contribution in [3.05, 3.63) is 35.4 Å². The molecule has 6 heteroatoms. The van der Waals surface area contributed by atoms with Crippen LogP contribution in [-0.2, 0) is 4.79 Å². The molecule has 3 unspecified atom stereocenters. The van der Waals surface area contributed by atoms with Gasteiger partial charge in [0.15, 0.2) is 0 Å². The molecule has 1 saturated carbocycles. The number of carboxylic acid groups (broad SMARTS) is 1. The summed E-state index contributed by atoms with van der Waals surface area (Å²) in [4.78, 5) is 36.9. The summed E-state index contributed by atoms with van der Waals surface area (Å²) in [7, 11) is 0. The van der Waals surface area contributed by atoms with Gasteiger partial charge in [-0.05, 0) is 42.9 Å². The lowest BCUT2D eigenvalue weighted by Gasteiger charge is -2.24. The molecule has 1 aromatic carbocycles. The molecule has 6 nitrogen and oxygen atoms in total. The van der Waals surface area contributed by atoms with E-state index < -0.39 is 17.9 Å². The van der Waals surface area contributed by atoms with Crippen LogP contribution in [0.25, 0.3) is 0 Å². The fraction of sp³-hybridized carbons (Fsp3) is 0.438. The number of likely N-dealkylation sites (tertiary alicyclic amines) is 1. The monoisotopic (exact) mass is 302 g/mol. The van der Waals surface area contributed by atoms with Crippen molar-refractivity contribution in [1.29, 1.82) is 0 Å². The number of aliphatic carboxylic acids is 1. The average molecular weight is 302 g/mol. The van der Waals surface area contributed by atoms with Crippen LogP contribution in [0.15, 0.2) is 24.3 Å². The van der Waals surface area contributed by atoms with Crippen molar-refractivity contribution in [3.8, 4) is 0 Å². The Bertz CT molecular complexity index is 643. The van der Waals surface area contributed by atoms with E-state index in [1.807, 2.05) is 0 Å². The number of carbonyl (C=O) groups excluding carboxylic acids is 2. The highest BCUT2D eigenvalue weighted by Gasteiger charge is 2.49. The molecule has 1 aliphatic heterocycles. The van der Waals surface area contributed by atoms with Crippen LogP contribution in [0.4, 0.5) is 0 Å². The first-order valence-corrected chi connectivity index (χ1v) is 7.42. The summed E-state index contributed by atoms with van der Waals surface area (Å²) in [6.07, 6.45) is 2.85. The molecular weight excluding hydrogens is 284 g/mol. The smallest absolute Gasteiger partial charge is 0.326 e. The van der Waals surface area contributed by atoms with Gasteiger partial charge < -0.3 is 15.7 Å². The Balaban J connectivity index is 1.89. The normalized spacial score (nSPS) is 26.7. The first-order valence-electron chi connectivity index (χ1n) is 7.42. The van der Waals surface area contributed by atoms with Crippen molar-refractivity contribution >= 4 is 17.8 Å². The second-order valence-corrected chi connectivity index (χ2v) is 6.04. The first-order chi connectivity index (χ1) is 10.5. The van der Waals surface area contributed by atoms with E-state index in [0.29, 0.717) is 12.1 Å². The van der Waals surface area contributed by atoms with Crippen LogP contribution in [0.1, 0.15) is 40.0 Å². The third-order valence-electron chi connectivity index (χ3n) is 4.80. The maximum Gasteiger partial charge on any atom is 0.326 e. The van der Waals surface area contributed by atoms with Gasteiger partial charge in [-0.25, -0.2) is 4.79 Å². The lowest BCUT2D eigenvalue weighted by molar-refractivity contribution is -0.142. The third kappa shape index (κ3) is 2.34. The number of primary amides is 1. The van der Waals surface area contributed by atoms with E-state index in [1.165, 1.54) is 17.0 Å². The third-order valence-corrected chi connectivity index (χ3v) is 4.80. The van der Waals surface area contributed by atoms with E-state index in [1.54, 1.807) is 12.1 Å². The van der Waals surface area contributed by atoms with Crippen molar-refractivity contribution in [2.24, 2.45) is 17.6 Å². The van der Waals surface area contributed by atoms with Crippen molar-refractivity contribution in [2.75, 3.05) is 6.54 Å². The molecular formula is C16H18N2O4. The maximum absolute atomic E-state index is 12.7. The summed E-state index contributed by atoms with van der Waals surface area (Å²) in [6.45, 7) is 0.473. The van der Waals surface area contributed by atoms with Crippen LogP contribution in [0.2, 0.25) is 0 Å². The van der Waals surface area contributed by atoms with E-state index in [-0.39, 0.29) is 23.3 Å². The quantitative estimate of drug-likeness (QED) is 0.873. The fourth-order valence-electron chi connectivity index (χ4n) is 3.80. The van der Waals surface area contributed by atoms with Crippen LogP contribution in [0.3, 0.4) is 0 Å². The number of nitrogens with zero attached hydrogens (tertiary/aromatic N) is 1. The number of hydrogen-bond acceptors (Lipinski definition) is 3. The summed E-state index contributed by atoms with van der Waals surface area (Å²) in [5, 5.41) is 9.50. The highest BCUT2D eigenvalue weighted by Crippen LogP contribution is 2.42. The number of carboxylic acids is 1. The fourth-order valence-corrected chi connectivity index (χ4v) is 3.80. The molecule has 3 N–H and O–H groups in total. The van der Waals surface area contributed by atoms with E-state index in [9.17, 15) is 19.5 Å². The SMILES string of the molecule is NC(=O)c1cccc(C(=O)N2CC3CCCC3C2C(=O)O)c1. The van der Waals surface area contributed by atoms with Crippen molar-refractivity contribution in [2.45, 2.75) is 25.3 Å². The summed E-state index contributed by atoms with van der Waals surface area (Å²) >= 11 is 0. The van der Waals surface area contributed by atoms with Crippen molar-refractivity contribution in [3.63, 3.8) is 0 Å². The largest absolute Gasteiger partial charge is 0.480 e. The number of amides is 2. The topological polar surface area (TPSA) is 101 Å². The zero-order chi connectivity index (χ0) is 15.9. The zero-order valence-corrected chi connectivity index (χ0v) is 12.1. The summed E-state index contributed by atoms with van der Waals surface area (Å²) in [6, 6.07) is 5.36. The van der Waals surface area contributed by atoms with Crippen LogP contribution >= 0.6 is 0 Å². The molecule has 2 amide bonds. The Labute approximate surface area is 127 Å². The molecule has 3 rings (SSSR count). The molecule has 0 spiro atoms. The van der Waals surface area contributed by atoms with Crippen LogP contribution in [0.5, 0.6) is 0 Å². The number of hydrogen-bond donors (Lipinski definition) is 2. The lowest BCUT2D eigenvalue weighted by Crippen LogP contribution is -2.43. The molecule has 0 aromatic heterocycles. The number of carbonyl (C=O) groups is 3. The minimum absolute atomic E-state index is 0.0424. The van der Waals surface area contributed by atoms with Crippen LogP contribution in [0, 0.1) is 11.8 Å². The Morgan fingerprint density at radius 3 is 2.59 bits per heavy atom. The zero-order valence-electron chi connectivity index (χ0n) is 12.1. The Morgan fingerprint density at radius 1 is 1.18 bits per heavy atom.